The summed E-state index contributed by atoms with van der Waals surface area (Å²) < 4.78 is 5.43. The van der Waals surface area contributed by atoms with E-state index >= 15 is 0 Å². The van der Waals surface area contributed by atoms with Gasteiger partial charge in [-0.15, -0.1) is 0 Å². The Balaban J connectivity index is 1.41. The van der Waals surface area contributed by atoms with Crippen molar-refractivity contribution in [1.29, 1.82) is 0 Å². The summed E-state index contributed by atoms with van der Waals surface area (Å²) in [5.41, 5.74) is 4.23. The molecule has 1 fully saturated rings. The van der Waals surface area contributed by atoms with Crippen molar-refractivity contribution in [3.8, 4) is 5.75 Å². The van der Waals surface area contributed by atoms with Crippen molar-refractivity contribution >= 4 is 39.6 Å². The van der Waals surface area contributed by atoms with E-state index in [4.69, 9.17) is 17.0 Å². The second kappa shape index (κ2) is 9.52. The van der Waals surface area contributed by atoms with Crippen LogP contribution in [0.2, 0.25) is 0 Å². The van der Waals surface area contributed by atoms with E-state index in [1.807, 2.05) is 24.3 Å². The number of ether oxygens (including phenoxy) is 1. The van der Waals surface area contributed by atoms with E-state index in [1.54, 1.807) is 13.3 Å². The number of fused-ring (bicyclic) bond motifs is 1. The molecule has 4 rings (SSSR count). The number of piperidine rings is 1. The van der Waals surface area contributed by atoms with Crippen LogP contribution in [0.25, 0.3) is 10.9 Å². The predicted molar refractivity (Wildman–Crippen MR) is 133 cm³/mol. The van der Waals surface area contributed by atoms with Gasteiger partial charge in [0.25, 0.3) is 0 Å². The van der Waals surface area contributed by atoms with E-state index in [2.05, 4.69) is 58.6 Å². The first-order chi connectivity index (χ1) is 15.0. The van der Waals surface area contributed by atoms with Gasteiger partial charge in [-0.25, -0.2) is 0 Å². The Bertz CT molecular complexity index is 1050. The number of aromatic nitrogens is 1. The molecule has 0 spiro atoms. The maximum absolute atomic E-state index is 5.60. The summed E-state index contributed by atoms with van der Waals surface area (Å²) in [6.07, 6.45) is 4.37. The first-order valence-corrected chi connectivity index (χ1v) is 11.3. The Morgan fingerprint density at radius 2 is 2.00 bits per heavy atom. The lowest BCUT2D eigenvalue weighted by Crippen LogP contribution is -2.34. The van der Waals surface area contributed by atoms with Gasteiger partial charge in [-0.05, 0) is 79.9 Å². The Hall–Kier alpha value is -2.86. The Morgan fingerprint density at radius 1 is 1.19 bits per heavy atom. The molecule has 2 atom stereocenters. The zero-order valence-electron chi connectivity index (χ0n) is 18.4. The summed E-state index contributed by atoms with van der Waals surface area (Å²) >= 11 is 5.60. The minimum atomic E-state index is 0.0944. The van der Waals surface area contributed by atoms with Crippen LogP contribution in [0.4, 0.5) is 11.4 Å². The standard InChI is InChI=1S/C25H30N4OS/c1-17-6-5-15-29(16-17)20-10-8-19(9-11-20)18(2)27-25(31)28-22-12-13-23(30-3)24-21(22)7-4-14-26-24/h4,7-14,17-18H,5-6,15-16H2,1-3H3,(H2,27,28,31). The number of nitrogens with one attached hydrogen (secondary N) is 2. The van der Waals surface area contributed by atoms with Crippen molar-refractivity contribution in [2.24, 2.45) is 5.92 Å². The molecular formula is C25H30N4OS. The van der Waals surface area contributed by atoms with Crippen LogP contribution in [0.3, 0.4) is 0 Å². The van der Waals surface area contributed by atoms with Crippen molar-refractivity contribution < 1.29 is 4.74 Å². The molecule has 2 N–H and O–H groups in total. The van der Waals surface area contributed by atoms with Gasteiger partial charge in [0, 0.05) is 36.0 Å². The number of pyridine rings is 1. The smallest absolute Gasteiger partial charge is 0.171 e. The van der Waals surface area contributed by atoms with Crippen molar-refractivity contribution in [2.45, 2.75) is 32.7 Å². The van der Waals surface area contributed by atoms with E-state index in [1.165, 1.54) is 24.1 Å². The number of hydrogen-bond acceptors (Lipinski definition) is 4. The average Bonchev–Trinajstić information content (AvgIpc) is 2.79. The molecule has 0 saturated carbocycles. The predicted octanol–water partition coefficient (Wildman–Crippen LogP) is 5.53. The number of rotatable bonds is 5. The van der Waals surface area contributed by atoms with Crippen LogP contribution >= 0.6 is 12.2 Å². The van der Waals surface area contributed by atoms with Crippen molar-refractivity contribution in [3.63, 3.8) is 0 Å². The van der Waals surface area contributed by atoms with Gasteiger partial charge >= 0.3 is 0 Å². The van der Waals surface area contributed by atoms with Gasteiger partial charge in [0.2, 0.25) is 0 Å². The van der Waals surface area contributed by atoms with Crippen LogP contribution in [0, 0.1) is 5.92 Å². The molecular weight excluding hydrogens is 404 g/mol. The first-order valence-electron chi connectivity index (χ1n) is 10.9. The molecule has 6 heteroatoms. The van der Waals surface area contributed by atoms with E-state index in [0.29, 0.717) is 5.11 Å². The van der Waals surface area contributed by atoms with Gasteiger partial charge < -0.3 is 20.3 Å². The number of anilines is 2. The molecule has 1 saturated heterocycles. The molecule has 1 aromatic heterocycles. The molecule has 31 heavy (non-hydrogen) atoms. The van der Waals surface area contributed by atoms with Gasteiger partial charge in [-0.1, -0.05) is 19.1 Å². The molecule has 1 aliphatic heterocycles. The van der Waals surface area contributed by atoms with Crippen LogP contribution < -0.4 is 20.3 Å². The van der Waals surface area contributed by atoms with Gasteiger partial charge in [0.1, 0.15) is 11.3 Å². The third kappa shape index (κ3) is 4.90. The number of nitrogens with zero attached hydrogens (tertiary/aromatic N) is 2. The molecule has 2 aromatic carbocycles. The Morgan fingerprint density at radius 3 is 2.74 bits per heavy atom. The van der Waals surface area contributed by atoms with Crippen molar-refractivity contribution in [2.75, 3.05) is 30.4 Å². The molecule has 0 amide bonds. The van der Waals surface area contributed by atoms with E-state index in [-0.39, 0.29) is 6.04 Å². The lowest BCUT2D eigenvalue weighted by Gasteiger charge is -2.33. The fourth-order valence-corrected chi connectivity index (χ4v) is 4.54. The largest absolute Gasteiger partial charge is 0.494 e. The summed E-state index contributed by atoms with van der Waals surface area (Å²) in [6.45, 7) is 6.75. The van der Waals surface area contributed by atoms with Crippen molar-refractivity contribution in [3.05, 3.63) is 60.3 Å². The topological polar surface area (TPSA) is 49.4 Å². The second-order valence-electron chi connectivity index (χ2n) is 8.32. The summed E-state index contributed by atoms with van der Waals surface area (Å²) in [6, 6.07) is 16.7. The van der Waals surface area contributed by atoms with E-state index in [0.717, 1.165) is 41.3 Å². The highest BCUT2D eigenvalue weighted by Gasteiger charge is 2.17. The summed E-state index contributed by atoms with van der Waals surface area (Å²) in [5, 5.41) is 8.27. The fraction of sp³-hybridized carbons (Fsp3) is 0.360. The van der Waals surface area contributed by atoms with Crippen LogP contribution in [-0.2, 0) is 0 Å². The molecule has 0 radical (unpaired) electrons. The SMILES string of the molecule is COc1ccc(NC(=S)NC(C)c2ccc(N3CCCC(C)C3)cc2)c2cccnc12. The van der Waals surface area contributed by atoms with E-state index in [9.17, 15) is 0 Å². The molecule has 0 aliphatic carbocycles. The van der Waals surface area contributed by atoms with Crippen molar-refractivity contribution in [1.82, 2.24) is 10.3 Å². The minimum Gasteiger partial charge on any atom is -0.494 e. The van der Waals surface area contributed by atoms with Gasteiger partial charge in [-0.2, -0.15) is 0 Å². The van der Waals surface area contributed by atoms with Gasteiger partial charge in [0.15, 0.2) is 5.11 Å². The fourth-order valence-electron chi connectivity index (χ4n) is 4.26. The highest BCUT2D eigenvalue weighted by molar-refractivity contribution is 7.80. The Labute approximate surface area is 189 Å². The zero-order chi connectivity index (χ0) is 21.8. The van der Waals surface area contributed by atoms with Gasteiger partial charge in [0.05, 0.1) is 13.2 Å². The summed E-state index contributed by atoms with van der Waals surface area (Å²) in [5.74, 6) is 1.51. The molecule has 2 unspecified atom stereocenters. The summed E-state index contributed by atoms with van der Waals surface area (Å²) in [4.78, 5) is 6.94. The number of benzene rings is 2. The van der Waals surface area contributed by atoms with Gasteiger partial charge in [-0.3, -0.25) is 4.98 Å². The molecule has 3 aromatic rings. The molecule has 2 heterocycles. The third-order valence-electron chi connectivity index (χ3n) is 5.96. The third-order valence-corrected chi connectivity index (χ3v) is 6.18. The average molecular weight is 435 g/mol. The van der Waals surface area contributed by atoms with Crippen LogP contribution in [0.15, 0.2) is 54.7 Å². The van der Waals surface area contributed by atoms with Crippen LogP contribution in [-0.4, -0.2) is 30.3 Å². The molecule has 0 bridgehead atoms. The lowest BCUT2D eigenvalue weighted by atomic mass is 9.99. The lowest BCUT2D eigenvalue weighted by molar-refractivity contribution is 0.419. The normalized spacial score (nSPS) is 17.3. The number of thiocarbonyl (C=S) groups is 1. The zero-order valence-corrected chi connectivity index (χ0v) is 19.2. The van der Waals surface area contributed by atoms with Crippen LogP contribution in [0.5, 0.6) is 5.75 Å². The molecule has 5 nitrogen and oxygen atoms in total. The monoisotopic (exact) mass is 434 g/mol. The molecule has 1 aliphatic rings. The number of methoxy groups -OCH3 is 1. The molecule has 162 valence electrons. The maximum atomic E-state index is 5.60. The second-order valence-corrected chi connectivity index (χ2v) is 8.73. The number of hydrogen-bond donors (Lipinski definition) is 2. The quantitative estimate of drug-likeness (QED) is 0.515. The first kappa shape index (κ1) is 21.4. The minimum absolute atomic E-state index is 0.0944. The Kier molecular flexibility index (Phi) is 6.56. The summed E-state index contributed by atoms with van der Waals surface area (Å²) in [7, 11) is 1.65. The maximum Gasteiger partial charge on any atom is 0.171 e. The highest BCUT2D eigenvalue weighted by atomic mass is 32.1. The highest BCUT2D eigenvalue weighted by Crippen LogP contribution is 2.30. The van der Waals surface area contributed by atoms with Crippen LogP contribution in [0.1, 0.15) is 38.3 Å². The van der Waals surface area contributed by atoms with E-state index < -0.39 is 0 Å².